The van der Waals surface area contributed by atoms with Crippen molar-refractivity contribution in [1.29, 1.82) is 0 Å². The predicted molar refractivity (Wildman–Crippen MR) is 96.1 cm³/mol. The van der Waals surface area contributed by atoms with Crippen LogP contribution in [0.2, 0.25) is 0 Å². The van der Waals surface area contributed by atoms with E-state index in [0.29, 0.717) is 18.1 Å². The summed E-state index contributed by atoms with van der Waals surface area (Å²) in [6.45, 7) is -1.50. The first-order chi connectivity index (χ1) is 13.4. The summed E-state index contributed by atoms with van der Waals surface area (Å²) < 4.78 is 44.6. The highest BCUT2D eigenvalue weighted by Crippen LogP contribution is 2.28. The maximum absolute atomic E-state index is 12.4. The van der Waals surface area contributed by atoms with E-state index >= 15 is 0 Å². The van der Waals surface area contributed by atoms with Crippen LogP contribution in [-0.2, 0) is 9.53 Å². The molecule has 1 N–H and O–H groups in total. The molecule has 0 spiro atoms. The monoisotopic (exact) mass is 395 g/mol. The van der Waals surface area contributed by atoms with Crippen molar-refractivity contribution in [2.24, 2.45) is 0 Å². The van der Waals surface area contributed by atoms with Crippen LogP contribution in [0.1, 0.15) is 17.3 Å². The van der Waals surface area contributed by atoms with Gasteiger partial charge < -0.3 is 24.3 Å². The minimum atomic E-state index is -3.04. The third kappa shape index (κ3) is 5.83. The highest BCUT2D eigenvalue weighted by atomic mass is 19.3. The second kappa shape index (κ2) is 10.1. The summed E-state index contributed by atoms with van der Waals surface area (Å²) in [6, 6.07) is 10.1. The molecule has 2 aromatic rings. The Bertz CT molecular complexity index is 828. The number of esters is 1. The maximum atomic E-state index is 12.4. The molecule has 150 valence electrons. The van der Waals surface area contributed by atoms with Gasteiger partial charge in [0, 0.05) is 0 Å². The number of benzene rings is 2. The number of para-hydroxylation sites is 2. The van der Waals surface area contributed by atoms with Crippen molar-refractivity contribution in [1.82, 2.24) is 0 Å². The van der Waals surface area contributed by atoms with Gasteiger partial charge in [-0.1, -0.05) is 12.1 Å². The van der Waals surface area contributed by atoms with Gasteiger partial charge in [0.05, 0.1) is 25.0 Å². The third-order valence-corrected chi connectivity index (χ3v) is 3.41. The van der Waals surface area contributed by atoms with Crippen LogP contribution in [0.5, 0.6) is 17.2 Å². The number of carbonyl (C=O) groups excluding carboxylic acids is 2. The van der Waals surface area contributed by atoms with E-state index in [4.69, 9.17) is 14.2 Å². The number of amides is 1. The van der Waals surface area contributed by atoms with E-state index in [9.17, 15) is 18.4 Å². The lowest BCUT2D eigenvalue weighted by Crippen LogP contribution is -2.21. The number of methoxy groups -OCH3 is 1. The predicted octanol–water partition coefficient (Wildman–Crippen LogP) is 3.49. The summed E-state index contributed by atoms with van der Waals surface area (Å²) >= 11 is 0. The van der Waals surface area contributed by atoms with Crippen molar-refractivity contribution in [3.05, 3.63) is 48.0 Å². The van der Waals surface area contributed by atoms with Gasteiger partial charge >= 0.3 is 12.6 Å². The van der Waals surface area contributed by atoms with E-state index in [1.54, 1.807) is 13.0 Å². The molecule has 0 fully saturated rings. The van der Waals surface area contributed by atoms with E-state index in [1.165, 1.54) is 43.5 Å². The van der Waals surface area contributed by atoms with Crippen molar-refractivity contribution in [3.63, 3.8) is 0 Å². The molecule has 1 amide bonds. The van der Waals surface area contributed by atoms with Crippen molar-refractivity contribution < 1.29 is 37.3 Å². The van der Waals surface area contributed by atoms with Crippen LogP contribution in [0, 0.1) is 0 Å². The quantitative estimate of drug-likeness (QED) is 0.655. The van der Waals surface area contributed by atoms with Gasteiger partial charge in [-0.2, -0.15) is 8.78 Å². The Morgan fingerprint density at radius 1 is 1.07 bits per heavy atom. The maximum Gasteiger partial charge on any atom is 0.387 e. The Morgan fingerprint density at radius 3 is 2.50 bits per heavy atom. The highest BCUT2D eigenvalue weighted by Gasteiger charge is 2.16. The van der Waals surface area contributed by atoms with Crippen LogP contribution in [-0.4, -0.2) is 38.8 Å². The first-order valence-corrected chi connectivity index (χ1v) is 8.26. The molecule has 0 aromatic heterocycles. The molecule has 0 bridgehead atoms. The van der Waals surface area contributed by atoms with Crippen LogP contribution in [0.25, 0.3) is 0 Å². The lowest BCUT2D eigenvalue weighted by Gasteiger charge is -2.12. The van der Waals surface area contributed by atoms with Crippen LogP contribution in [0.4, 0.5) is 14.5 Å². The number of halogens is 2. The number of rotatable bonds is 9. The minimum Gasteiger partial charge on any atom is -0.493 e. The van der Waals surface area contributed by atoms with E-state index in [2.05, 4.69) is 10.1 Å². The standard InChI is InChI=1S/C19H19F2NO6/c1-3-26-16-10-12(8-9-15(16)25-2)18(24)27-11-17(23)22-13-6-4-5-7-14(13)28-19(20)21/h4-10,19H,3,11H2,1-2H3,(H,22,23). The zero-order valence-corrected chi connectivity index (χ0v) is 15.2. The molecule has 0 aliphatic heterocycles. The van der Waals surface area contributed by atoms with Crippen molar-refractivity contribution in [2.75, 3.05) is 25.6 Å². The van der Waals surface area contributed by atoms with Crippen LogP contribution in [0.15, 0.2) is 42.5 Å². The van der Waals surface area contributed by atoms with Gasteiger partial charge in [-0.3, -0.25) is 4.79 Å². The van der Waals surface area contributed by atoms with Gasteiger partial charge in [-0.05, 0) is 37.3 Å². The normalized spacial score (nSPS) is 10.3. The average Bonchev–Trinajstić information content (AvgIpc) is 2.67. The first-order valence-electron chi connectivity index (χ1n) is 8.26. The zero-order valence-electron chi connectivity index (χ0n) is 15.2. The number of carbonyl (C=O) groups is 2. The molecule has 0 saturated heterocycles. The molecule has 0 radical (unpaired) electrons. The van der Waals surface area contributed by atoms with Gasteiger partial charge in [0.1, 0.15) is 5.75 Å². The number of hydrogen-bond acceptors (Lipinski definition) is 6. The zero-order chi connectivity index (χ0) is 20.5. The van der Waals surface area contributed by atoms with E-state index in [1.807, 2.05) is 0 Å². The fourth-order valence-corrected chi connectivity index (χ4v) is 2.24. The molecule has 0 heterocycles. The van der Waals surface area contributed by atoms with Gasteiger partial charge in [-0.15, -0.1) is 0 Å². The largest absolute Gasteiger partial charge is 0.493 e. The van der Waals surface area contributed by atoms with Gasteiger partial charge in [0.2, 0.25) is 0 Å². The van der Waals surface area contributed by atoms with Crippen LogP contribution < -0.4 is 19.5 Å². The topological polar surface area (TPSA) is 83.1 Å². The smallest absolute Gasteiger partial charge is 0.387 e. The van der Waals surface area contributed by atoms with Gasteiger partial charge in [0.25, 0.3) is 5.91 Å². The van der Waals surface area contributed by atoms with Gasteiger partial charge in [0.15, 0.2) is 18.1 Å². The summed E-state index contributed by atoms with van der Waals surface area (Å²) in [5.74, 6) is -0.851. The second-order valence-corrected chi connectivity index (χ2v) is 5.30. The SMILES string of the molecule is CCOc1cc(C(=O)OCC(=O)Nc2ccccc2OC(F)F)ccc1OC. The molecule has 2 aromatic carbocycles. The molecule has 0 atom stereocenters. The summed E-state index contributed by atoms with van der Waals surface area (Å²) in [7, 11) is 1.47. The summed E-state index contributed by atoms with van der Waals surface area (Å²) in [5, 5.41) is 2.35. The molecule has 0 unspecified atom stereocenters. The molecule has 9 heteroatoms. The number of ether oxygens (including phenoxy) is 4. The Morgan fingerprint density at radius 2 is 1.82 bits per heavy atom. The molecule has 28 heavy (non-hydrogen) atoms. The fraction of sp³-hybridized carbons (Fsp3) is 0.263. The first kappa shape index (κ1) is 20.9. The third-order valence-electron chi connectivity index (χ3n) is 3.41. The number of nitrogens with one attached hydrogen (secondary N) is 1. The second-order valence-electron chi connectivity index (χ2n) is 5.30. The number of alkyl halides is 2. The fourth-order valence-electron chi connectivity index (χ4n) is 2.24. The summed E-state index contributed by atoms with van der Waals surface area (Å²) in [4.78, 5) is 24.1. The Labute approximate surface area is 160 Å². The molecule has 2 rings (SSSR count). The Kier molecular flexibility index (Phi) is 7.55. The van der Waals surface area contributed by atoms with Crippen LogP contribution in [0.3, 0.4) is 0 Å². The van der Waals surface area contributed by atoms with Crippen molar-refractivity contribution >= 4 is 17.6 Å². The Hall–Kier alpha value is -3.36. The number of hydrogen-bond donors (Lipinski definition) is 1. The molecule has 0 saturated carbocycles. The lowest BCUT2D eigenvalue weighted by atomic mass is 10.2. The molecular weight excluding hydrogens is 376 g/mol. The number of anilines is 1. The Balaban J connectivity index is 1.98. The highest BCUT2D eigenvalue weighted by molar-refractivity contribution is 5.96. The van der Waals surface area contributed by atoms with Gasteiger partial charge in [-0.25, -0.2) is 4.79 Å². The molecular formula is C19H19F2NO6. The summed E-state index contributed by atoms with van der Waals surface area (Å²) in [5.41, 5.74) is 0.199. The van der Waals surface area contributed by atoms with E-state index in [-0.39, 0.29) is 17.0 Å². The molecule has 0 aliphatic carbocycles. The summed E-state index contributed by atoms with van der Waals surface area (Å²) in [6.07, 6.45) is 0. The van der Waals surface area contributed by atoms with Crippen LogP contribution >= 0.6 is 0 Å². The van der Waals surface area contributed by atoms with E-state index in [0.717, 1.165) is 0 Å². The molecule has 7 nitrogen and oxygen atoms in total. The van der Waals surface area contributed by atoms with Crippen molar-refractivity contribution in [3.8, 4) is 17.2 Å². The van der Waals surface area contributed by atoms with E-state index < -0.39 is 25.1 Å². The minimum absolute atomic E-state index is 0.0342. The average molecular weight is 395 g/mol. The lowest BCUT2D eigenvalue weighted by molar-refractivity contribution is -0.119. The van der Waals surface area contributed by atoms with Crippen molar-refractivity contribution in [2.45, 2.75) is 13.5 Å². The molecule has 0 aliphatic rings.